The van der Waals surface area contributed by atoms with Crippen molar-refractivity contribution in [2.45, 2.75) is 25.7 Å². The molecule has 1 aliphatic heterocycles. The number of hydrogen-bond donors (Lipinski definition) is 1. The maximum atomic E-state index is 11.8. The SMILES string of the molecule is O=C(CCc1ccccc1O)N1CCCC1. The Morgan fingerprint density at radius 1 is 1.25 bits per heavy atom. The predicted molar refractivity (Wildman–Crippen MR) is 62.2 cm³/mol. The van der Waals surface area contributed by atoms with Crippen LogP contribution in [0.15, 0.2) is 24.3 Å². The van der Waals surface area contributed by atoms with Gasteiger partial charge in [-0.15, -0.1) is 0 Å². The van der Waals surface area contributed by atoms with Gasteiger partial charge in [0.2, 0.25) is 5.91 Å². The van der Waals surface area contributed by atoms with E-state index in [9.17, 15) is 9.90 Å². The third-order valence-corrected chi connectivity index (χ3v) is 3.06. The Labute approximate surface area is 95.7 Å². The molecule has 1 amide bonds. The quantitative estimate of drug-likeness (QED) is 0.844. The Morgan fingerprint density at radius 2 is 1.94 bits per heavy atom. The minimum atomic E-state index is 0.209. The number of phenolic OH excluding ortho intramolecular Hbond substituents is 1. The van der Waals surface area contributed by atoms with Crippen molar-refractivity contribution in [2.24, 2.45) is 0 Å². The van der Waals surface area contributed by atoms with E-state index in [1.54, 1.807) is 12.1 Å². The molecular weight excluding hydrogens is 202 g/mol. The van der Waals surface area contributed by atoms with Crippen molar-refractivity contribution in [1.82, 2.24) is 4.90 Å². The maximum absolute atomic E-state index is 11.8. The zero-order valence-corrected chi connectivity index (χ0v) is 9.35. The predicted octanol–water partition coefficient (Wildman–Crippen LogP) is 1.95. The monoisotopic (exact) mass is 219 g/mol. The highest BCUT2D eigenvalue weighted by Crippen LogP contribution is 2.18. The number of hydrogen-bond acceptors (Lipinski definition) is 2. The lowest BCUT2D eigenvalue weighted by atomic mass is 10.1. The van der Waals surface area contributed by atoms with Crippen molar-refractivity contribution in [2.75, 3.05) is 13.1 Å². The number of likely N-dealkylation sites (tertiary alicyclic amines) is 1. The molecule has 3 heteroatoms. The van der Waals surface area contributed by atoms with Crippen LogP contribution in [0.4, 0.5) is 0 Å². The minimum Gasteiger partial charge on any atom is -0.508 e. The molecule has 1 N–H and O–H groups in total. The number of carbonyl (C=O) groups excluding carboxylic acids is 1. The van der Waals surface area contributed by atoms with Crippen molar-refractivity contribution in [3.8, 4) is 5.75 Å². The van der Waals surface area contributed by atoms with Crippen LogP contribution in [-0.4, -0.2) is 29.0 Å². The Hall–Kier alpha value is -1.51. The molecule has 1 aromatic rings. The van der Waals surface area contributed by atoms with Crippen LogP contribution in [-0.2, 0) is 11.2 Å². The number of aromatic hydroxyl groups is 1. The van der Waals surface area contributed by atoms with Crippen LogP contribution in [0.5, 0.6) is 5.75 Å². The first-order valence-electron chi connectivity index (χ1n) is 5.82. The molecule has 1 fully saturated rings. The van der Waals surface area contributed by atoms with Gasteiger partial charge in [0.15, 0.2) is 0 Å². The number of para-hydroxylation sites is 1. The molecule has 0 bridgehead atoms. The van der Waals surface area contributed by atoms with Crippen LogP contribution in [0.1, 0.15) is 24.8 Å². The van der Waals surface area contributed by atoms with Crippen molar-refractivity contribution in [1.29, 1.82) is 0 Å². The maximum Gasteiger partial charge on any atom is 0.222 e. The second-order valence-electron chi connectivity index (χ2n) is 4.22. The summed E-state index contributed by atoms with van der Waals surface area (Å²) in [5.41, 5.74) is 0.857. The third-order valence-electron chi connectivity index (χ3n) is 3.06. The first-order chi connectivity index (χ1) is 7.77. The first-order valence-corrected chi connectivity index (χ1v) is 5.82. The van der Waals surface area contributed by atoms with Crippen LogP contribution >= 0.6 is 0 Å². The van der Waals surface area contributed by atoms with Gasteiger partial charge in [0.25, 0.3) is 0 Å². The number of amides is 1. The lowest BCUT2D eigenvalue weighted by Gasteiger charge is -2.15. The van der Waals surface area contributed by atoms with Crippen LogP contribution in [0, 0.1) is 0 Å². The fraction of sp³-hybridized carbons (Fsp3) is 0.462. The van der Waals surface area contributed by atoms with Gasteiger partial charge < -0.3 is 10.0 Å². The summed E-state index contributed by atoms with van der Waals surface area (Å²) in [5.74, 6) is 0.498. The molecule has 0 aromatic heterocycles. The Kier molecular flexibility index (Phi) is 3.44. The second kappa shape index (κ2) is 5.01. The summed E-state index contributed by atoms with van der Waals surface area (Å²) in [6.45, 7) is 1.80. The Balaban J connectivity index is 1.87. The minimum absolute atomic E-state index is 0.209. The van der Waals surface area contributed by atoms with Crippen molar-refractivity contribution in [3.05, 3.63) is 29.8 Å². The number of aryl methyl sites for hydroxylation is 1. The molecule has 1 aliphatic rings. The summed E-state index contributed by atoms with van der Waals surface area (Å²) in [6, 6.07) is 7.21. The van der Waals surface area contributed by atoms with Crippen molar-refractivity contribution < 1.29 is 9.90 Å². The summed E-state index contributed by atoms with van der Waals surface area (Å²) < 4.78 is 0. The smallest absolute Gasteiger partial charge is 0.222 e. The number of benzene rings is 1. The van der Waals surface area contributed by atoms with E-state index in [1.165, 1.54) is 0 Å². The fourth-order valence-corrected chi connectivity index (χ4v) is 2.09. The molecule has 0 atom stereocenters. The molecule has 0 aliphatic carbocycles. The third kappa shape index (κ3) is 2.54. The largest absolute Gasteiger partial charge is 0.508 e. The van der Waals surface area contributed by atoms with Crippen molar-refractivity contribution in [3.63, 3.8) is 0 Å². The van der Waals surface area contributed by atoms with Crippen molar-refractivity contribution >= 4 is 5.91 Å². The lowest BCUT2D eigenvalue weighted by molar-refractivity contribution is -0.130. The number of nitrogens with zero attached hydrogens (tertiary/aromatic N) is 1. The molecule has 1 saturated heterocycles. The molecule has 1 aromatic carbocycles. The number of phenols is 1. The second-order valence-corrected chi connectivity index (χ2v) is 4.22. The zero-order valence-electron chi connectivity index (χ0n) is 9.35. The molecule has 0 radical (unpaired) electrons. The molecule has 16 heavy (non-hydrogen) atoms. The van der Waals surface area contributed by atoms with Crippen LogP contribution in [0.25, 0.3) is 0 Å². The molecule has 0 spiro atoms. The van der Waals surface area contributed by atoms with E-state index < -0.39 is 0 Å². The molecule has 2 rings (SSSR count). The van der Waals surface area contributed by atoms with Crippen LogP contribution in [0.2, 0.25) is 0 Å². The first kappa shape index (κ1) is 11.0. The summed E-state index contributed by atoms with van der Waals surface area (Å²) >= 11 is 0. The Bertz CT molecular complexity index is 370. The van der Waals surface area contributed by atoms with E-state index in [0.717, 1.165) is 31.5 Å². The van der Waals surface area contributed by atoms with Gasteiger partial charge in [-0.2, -0.15) is 0 Å². The molecular formula is C13H17NO2. The summed E-state index contributed by atoms with van der Waals surface area (Å²) in [6.07, 6.45) is 3.38. The van der Waals surface area contributed by atoms with Gasteiger partial charge in [-0.1, -0.05) is 18.2 Å². The highest BCUT2D eigenvalue weighted by molar-refractivity contribution is 5.76. The van der Waals surface area contributed by atoms with Gasteiger partial charge in [0, 0.05) is 19.5 Å². The standard InChI is InChI=1S/C13H17NO2/c15-12-6-2-1-5-11(12)7-8-13(16)14-9-3-4-10-14/h1-2,5-6,15H,3-4,7-10H2. The summed E-state index contributed by atoms with van der Waals surface area (Å²) in [5, 5.41) is 9.56. The normalized spacial score (nSPS) is 15.4. The average molecular weight is 219 g/mol. The van der Waals surface area contributed by atoms with Crippen LogP contribution < -0.4 is 0 Å². The topological polar surface area (TPSA) is 40.5 Å². The van der Waals surface area contributed by atoms with E-state index >= 15 is 0 Å². The fourth-order valence-electron chi connectivity index (χ4n) is 2.09. The van der Waals surface area contributed by atoms with E-state index in [-0.39, 0.29) is 11.7 Å². The molecule has 0 saturated carbocycles. The summed E-state index contributed by atoms with van der Waals surface area (Å²) in [4.78, 5) is 13.7. The molecule has 86 valence electrons. The van der Waals surface area contributed by atoms with Gasteiger partial charge in [-0.05, 0) is 30.9 Å². The van der Waals surface area contributed by atoms with E-state index in [4.69, 9.17) is 0 Å². The van der Waals surface area contributed by atoms with Gasteiger partial charge in [0.1, 0.15) is 5.75 Å². The highest BCUT2D eigenvalue weighted by atomic mass is 16.3. The highest BCUT2D eigenvalue weighted by Gasteiger charge is 2.17. The molecule has 1 heterocycles. The number of carbonyl (C=O) groups is 1. The average Bonchev–Trinajstić information content (AvgIpc) is 2.81. The van der Waals surface area contributed by atoms with Gasteiger partial charge >= 0.3 is 0 Å². The Morgan fingerprint density at radius 3 is 2.62 bits per heavy atom. The van der Waals surface area contributed by atoms with E-state index in [0.29, 0.717) is 12.8 Å². The van der Waals surface area contributed by atoms with Gasteiger partial charge in [-0.25, -0.2) is 0 Å². The van der Waals surface area contributed by atoms with E-state index in [1.807, 2.05) is 17.0 Å². The lowest BCUT2D eigenvalue weighted by Crippen LogP contribution is -2.27. The molecule has 0 unspecified atom stereocenters. The summed E-state index contributed by atoms with van der Waals surface area (Å²) in [7, 11) is 0. The number of rotatable bonds is 3. The van der Waals surface area contributed by atoms with Gasteiger partial charge in [-0.3, -0.25) is 4.79 Å². The van der Waals surface area contributed by atoms with Crippen LogP contribution in [0.3, 0.4) is 0 Å². The van der Waals surface area contributed by atoms with E-state index in [2.05, 4.69) is 0 Å². The zero-order chi connectivity index (χ0) is 11.4. The molecule has 3 nitrogen and oxygen atoms in total. The van der Waals surface area contributed by atoms with Gasteiger partial charge in [0.05, 0.1) is 0 Å².